The zero-order valence-electron chi connectivity index (χ0n) is 12.1. The number of hydrogen-bond acceptors (Lipinski definition) is 3. The lowest BCUT2D eigenvalue weighted by Crippen LogP contribution is -2.40. The van der Waals surface area contributed by atoms with E-state index in [1.165, 1.54) is 5.56 Å². The summed E-state index contributed by atoms with van der Waals surface area (Å²) in [6.07, 6.45) is 0.419. The van der Waals surface area contributed by atoms with Gasteiger partial charge in [-0.15, -0.1) is 0 Å². The zero-order chi connectivity index (χ0) is 15.1. The molecule has 5 heteroatoms. The average molecular weight is 278 g/mol. The van der Waals surface area contributed by atoms with E-state index in [-0.39, 0.29) is 12.6 Å². The largest absolute Gasteiger partial charge is 0.396 e. The van der Waals surface area contributed by atoms with Crippen molar-refractivity contribution in [3.63, 3.8) is 0 Å². The molecule has 0 aromatic heterocycles. The maximum Gasteiger partial charge on any atom is 0.313 e. The van der Waals surface area contributed by atoms with E-state index in [1.807, 2.05) is 12.1 Å². The summed E-state index contributed by atoms with van der Waals surface area (Å²) in [5.74, 6) is -0.978. The number of benzene rings is 1. The Morgan fingerprint density at radius 3 is 2.20 bits per heavy atom. The van der Waals surface area contributed by atoms with Crippen molar-refractivity contribution in [1.29, 1.82) is 0 Å². The summed E-state index contributed by atoms with van der Waals surface area (Å²) in [5.41, 5.74) is 1.76. The number of rotatable bonds is 5. The van der Waals surface area contributed by atoms with Gasteiger partial charge in [-0.3, -0.25) is 9.59 Å². The fourth-order valence-electron chi connectivity index (χ4n) is 1.69. The third-order valence-corrected chi connectivity index (χ3v) is 2.98. The molecule has 1 aromatic rings. The van der Waals surface area contributed by atoms with Crippen LogP contribution in [-0.4, -0.2) is 29.6 Å². The second-order valence-corrected chi connectivity index (χ2v) is 5.12. The van der Waals surface area contributed by atoms with E-state index in [9.17, 15) is 9.59 Å². The second-order valence-electron chi connectivity index (χ2n) is 5.12. The lowest BCUT2D eigenvalue weighted by atomic mass is 10.0. The Kier molecular flexibility index (Phi) is 6.18. The van der Waals surface area contributed by atoms with Gasteiger partial charge in [0, 0.05) is 18.3 Å². The summed E-state index contributed by atoms with van der Waals surface area (Å²) in [4.78, 5) is 23.3. The molecule has 1 atom stereocenters. The maximum absolute atomic E-state index is 11.7. The number of carbonyl (C=O) groups is 2. The van der Waals surface area contributed by atoms with Crippen molar-refractivity contribution in [2.45, 2.75) is 39.2 Å². The van der Waals surface area contributed by atoms with Gasteiger partial charge in [0.05, 0.1) is 0 Å². The molecule has 0 radical (unpaired) electrons. The van der Waals surface area contributed by atoms with Gasteiger partial charge in [-0.2, -0.15) is 0 Å². The number of aliphatic hydroxyl groups is 1. The van der Waals surface area contributed by atoms with Gasteiger partial charge in [0.1, 0.15) is 0 Å². The van der Waals surface area contributed by atoms with Crippen LogP contribution in [-0.2, 0) is 9.59 Å². The Labute approximate surface area is 119 Å². The van der Waals surface area contributed by atoms with Crippen LogP contribution in [0.4, 0.5) is 5.69 Å². The van der Waals surface area contributed by atoms with Gasteiger partial charge < -0.3 is 15.7 Å². The number of amides is 2. The first kappa shape index (κ1) is 16.2. The molecule has 110 valence electrons. The van der Waals surface area contributed by atoms with E-state index in [1.54, 1.807) is 19.1 Å². The number of nitrogens with one attached hydrogen (secondary N) is 2. The molecule has 0 aliphatic carbocycles. The minimum atomic E-state index is -0.702. The molecule has 0 unspecified atom stereocenters. The molecule has 0 aliphatic rings. The number of anilines is 1. The molecule has 3 N–H and O–H groups in total. The summed E-state index contributed by atoms with van der Waals surface area (Å²) in [7, 11) is 0. The van der Waals surface area contributed by atoms with Crippen LogP contribution in [0.25, 0.3) is 0 Å². The summed E-state index contributed by atoms with van der Waals surface area (Å²) in [5, 5.41) is 13.8. The van der Waals surface area contributed by atoms with Gasteiger partial charge in [0.25, 0.3) is 0 Å². The predicted molar refractivity (Wildman–Crippen MR) is 78.5 cm³/mol. The van der Waals surface area contributed by atoms with Crippen molar-refractivity contribution in [1.82, 2.24) is 5.32 Å². The van der Waals surface area contributed by atoms with Crippen molar-refractivity contribution >= 4 is 17.5 Å². The van der Waals surface area contributed by atoms with Crippen LogP contribution in [0.15, 0.2) is 24.3 Å². The van der Waals surface area contributed by atoms with E-state index >= 15 is 0 Å². The van der Waals surface area contributed by atoms with Crippen LogP contribution in [0, 0.1) is 0 Å². The minimum absolute atomic E-state index is 0.0280. The van der Waals surface area contributed by atoms with Crippen LogP contribution < -0.4 is 10.6 Å². The monoisotopic (exact) mass is 278 g/mol. The van der Waals surface area contributed by atoms with Crippen molar-refractivity contribution in [2.75, 3.05) is 11.9 Å². The Morgan fingerprint density at radius 1 is 1.10 bits per heavy atom. The molecule has 0 aliphatic heterocycles. The Balaban J connectivity index is 2.55. The molecule has 0 fully saturated rings. The SMILES string of the molecule is CC(C)c1ccc(NC(=O)C(=O)N[C@H](C)CCO)cc1. The molecular formula is C15H22N2O3. The van der Waals surface area contributed by atoms with Gasteiger partial charge in [0.2, 0.25) is 0 Å². The zero-order valence-corrected chi connectivity index (χ0v) is 12.1. The number of carbonyl (C=O) groups excluding carboxylic acids is 2. The normalized spacial score (nSPS) is 12.1. The first-order valence-electron chi connectivity index (χ1n) is 6.76. The predicted octanol–water partition coefficient (Wildman–Crippen LogP) is 1.64. The van der Waals surface area contributed by atoms with Crippen molar-refractivity contribution in [3.05, 3.63) is 29.8 Å². The first-order valence-corrected chi connectivity index (χ1v) is 6.76. The molecule has 1 rings (SSSR count). The van der Waals surface area contributed by atoms with Crippen LogP contribution in [0.5, 0.6) is 0 Å². The molecule has 0 heterocycles. The summed E-state index contributed by atoms with van der Waals surface area (Å²) in [6, 6.07) is 7.16. The third-order valence-electron chi connectivity index (χ3n) is 2.98. The van der Waals surface area contributed by atoms with E-state index in [4.69, 9.17) is 5.11 Å². The highest BCUT2D eigenvalue weighted by Gasteiger charge is 2.15. The molecule has 2 amide bonds. The van der Waals surface area contributed by atoms with E-state index in [0.29, 0.717) is 18.0 Å². The minimum Gasteiger partial charge on any atom is -0.396 e. The fraction of sp³-hybridized carbons (Fsp3) is 0.467. The van der Waals surface area contributed by atoms with Crippen LogP contribution in [0.1, 0.15) is 38.7 Å². The highest BCUT2D eigenvalue weighted by atomic mass is 16.3. The van der Waals surface area contributed by atoms with Crippen LogP contribution in [0.2, 0.25) is 0 Å². The highest BCUT2D eigenvalue weighted by Crippen LogP contribution is 2.16. The topological polar surface area (TPSA) is 78.4 Å². The van der Waals surface area contributed by atoms with E-state index in [0.717, 1.165) is 0 Å². The molecule has 0 saturated heterocycles. The molecular weight excluding hydrogens is 256 g/mol. The fourth-order valence-corrected chi connectivity index (χ4v) is 1.69. The maximum atomic E-state index is 11.7. The smallest absolute Gasteiger partial charge is 0.313 e. The number of aliphatic hydroxyl groups excluding tert-OH is 1. The molecule has 0 spiro atoms. The summed E-state index contributed by atoms with van der Waals surface area (Å²) < 4.78 is 0. The molecule has 20 heavy (non-hydrogen) atoms. The van der Waals surface area contributed by atoms with Crippen molar-refractivity contribution in [3.8, 4) is 0 Å². The van der Waals surface area contributed by atoms with E-state index < -0.39 is 11.8 Å². The van der Waals surface area contributed by atoms with Gasteiger partial charge >= 0.3 is 11.8 Å². The van der Waals surface area contributed by atoms with Gasteiger partial charge in [-0.05, 0) is 37.0 Å². The van der Waals surface area contributed by atoms with E-state index in [2.05, 4.69) is 24.5 Å². The van der Waals surface area contributed by atoms with Crippen molar-refractivity contribution in [2.24, 2.45) is 0 Å². The second kappa shape index (κ2) is 7.65. The third kappa shape index (κ3) is 5.01. The first-order chi connectivity index (χ1) is 9.43. The quantitative estimate of drug-likeness (QED) is 0.716. The Hall–Kier alpha value is -1.88. The Bertz CT molecular complexity index is 455. The lowest BCUT2D eigenvalue weighted by molar-refractivity contribution is -0.136. The van der Waals surface area contributed by atoms with Crippen molar-refractivity contribution < 1.29 is 14.7 Å². The molecule has 5 nitrogen and oxygen atoms in total. The van der Waals surface area contributed by atoms with Crippen LogP contribution in [0.3, 0.4) is 0 Å². The Morgan fingerprint density at radius 2 is 1.70 bits per heavy atom. The molecule has 1 aromatic carbocycles. The van der Waals surface area contributed by atoms with Crippen LogP contribution >= 0.6 is 0 Å². The molecule has 0 bridgehead atoms. The molecule has 0 saturated carbocycles. The highest BCUT2D eigenvalue weighted by molar-refractivity contribution is 6.39. The summed E-state index contributed by atoms with van der Waals surface area (Å²) >= 11 is 0. The average Bonchev–Trinajstić information content (AvgIpc) is 2.39. The standard InChI is InChI=1S/C15H22N2O3/c1-10(2)12-4-6-13(7-5-12)17-15(20)14(19)16-11(3)8-9-18/h4-7,10-11,18H,8-9H2,1-3H3,(H,16,19)(H,17,20)/t11-/m1/s1. The summed E-state index contributed by atoms with van der Waals surface area (Å²) in [6.45, 7) is 5.88. The lowest BCUT2D eigenvalue weighted by Gasteiger charge is -2.12. The number of hydrogen-bond donors (Lipinski definition) is 3. The van der Waals surface area contributed by atoms with Gasteiger partial charge in [-0.1, -0.05) is 26.0 Å². The van der Waals surface area contributed by atoms with Gasteiger partial charge in [-0.25, -0.2) is 0 Å². The van der Waals surface area contributed by atoms with Gasteiger partial charge in [0.15, 0.2) is 0 Å².